The van der Waals surface area contributed by atoms with Gasteiger partial charge < -0.3 is 5.32 Å². The normalized spacial score (nSPS) is 13.8. The van der Waals surface area contributed by atoms with Crippen LogP contribution in [0.5, 0.6) is 0 Å². The summed E-state index contributed by atoms with van der Waals surface area (Å²) in [5.74, 6) is 0. The second-order valence-electron chi connectivity index (χ2n) is 6.17. The van der Waals surface area contributed by atoms with Crippen molar-refractivity contribution in [3.05, 3.63) is 48.0 Å². The van der Waals surface area contributed by atoms with Crippen molar-refractivity contribution in [3.8, 4) is 0 Å². The Morgan fingerprint density at radius 3 is 2.33 bits per heavy atom. The zero-order chi connectivity index (χ0) is 13.2. The predicted molar refractivity (Wildman–Crippen MR) is 79.8 cm³/mol. The molecule has 0 fully saturated rings. The van der Waals surface area contributed by atoms with E-state index in [0.29, 0.717) is 11.5 Å². The van der Waals surface area contributed by atoms with Crippen LogP contribution in [0.3, 0.4) is 0 Å². The number of benzene rings is 2. The molecular formula is C17H23N. The second kappa shape index (κ2) is 5.11. The number of fused-ring (bicyclic) bond motifs is 1. The average Bonchev–Trinajstić information content (AvgIpc) is 2.34. The van der Waals surface area contributed by atoms with Crippen LogP contribution in [0.1, 0.15) is 38.8 Å². The lowest BCUT2D eigenvalue weighted by Crippen LogP contribution is -2.22. The summed E-state index contributed by atoms with van der Waals surface area (Å²) in [5, 5.41) is 6.15. The van der Waals surface area contributed by atoms with E-state index in [1.54, 1.807) is 0 Å². The zero-order valence-corrected chi connectivity index (χ0v) is 11.8. The Bertz CT molecular complexity index is 517. The first kappa shape index (κ1) is 13.1. The van der Waals surface area contributed by atoms with Crippen molar-refractivity contribution in [1.29, 1.82) is 0 Å². The largest absolute Gasteiger partial charge is 0.313 e. The van der Waals surface area contributed by atoms with Gasteiger partial charge in [0.2, 0.25) is 0 Å². The predicted octanol–water partition coefficient (Wildman–Crippen LogP) is 4.54. The Labute approximate surface area is 110 Å². The minimum absolute atomic E-state index is 0.324. The highest BCUT2D eigenvalue weighted by atomic mass is 14.9. The van der Waals surface area contributed by atoms with Crippen molar-refractivity contribution in [2.45, 2.75) is 33.2 Å². The Hall–Kier alpha value is -1.34. The molecule has 0 aliphatic carbocycles. The van der Waals surface area contributed by atoms with Gasteiger partial charge in [0.1, 0.15) is 0 Å². The molecule has 0 aromatic heterocycles. The SMILES string of the molecule is CNC(CC(C)(C)C)c1cccc2ccccc12. The van der Waals surface area contributed by atoms with Crippen LogP contribution in [-0.4, -0.2) is 7.05 Å². The van der Waals surface area contributed by atoms with Crippen LogP contribution in [0.15, 0.2) is 42.5 Å². The van der Waals surface area contributed by atoms with Crippen molar-refractivity contribution in [1.82, 2.24) is 5.32 Å². The maximum absolute atomic E-state index is 3.47. The molecule has 0 amide bonds. The number of hydrogen-bond donors (Lipinski definition) is 1. The van der Waals surface area contributed by atoms with Crippen LogP contribution in [0.25, 0.3) is 10.8 Å². The Morgan fingerprint density at radius 1 is 1.00 bits per heavy atom. The summed E-state index contributed by atoms with van der Waals surface area (Å²) >= 11 is 0. The highest BCUT2D eigenvalue weighted by molar-refractivity contribution is 5.86. The second-order valence-corrected chi connectivity index (χ2v) is 6.17. The van der Waals surface area contributed by atoms with Gasteiger partial charge in [-0.15, -0.1) is 0 Å². The molecule has 2 aromatic rings. The lowest BCUT2D eigenvalue weighted by Gasteiger charge is -2.27. The van der Waals surface area contributed by atoms with E-state index in [4.69, 9.17) is 0 Å². The van der Waals surface area contributed by atoms with Gasteiger partial charge in [-0.2, -0.15) is 0 Å². The first-order valence-corrected chi connectivity index (χ1v) is 6.66. The van der Waals surface area contributed by atoms with Crippen molar-refractivity contribution >= 4 is 10.8 Å². The number of hydrogen-bond acceptors (Lipinski definition) is 1. The summed E-state index contributed by atoms with van der Waals surface area (Å²) in [6.45, 7) is 6.88. The smallest absolute Gasteiger partial charge is 0.0328 e. The summed E-state index contributed by atoms with van der Waals surface area (Å²) in [4.78, 5) is 0. The van der Waals surface area contributed by atoms with Crippen LogP contribution in [0.4, 0.5) is 0 Å². The van der Waals surface area contributed by atoms with Crippen LogP contribution in [-0.2, 0) is 0 Å². The minimum Gasteiger partial charge on any atom is -0.313 e. The van der Waals surface area contributed by atoms with E-state index in [0.717, 1.165) is 6.42 Å². The fraction of sp³-hybridized carbons (Fsp3) is 0.412. The molecule has 96 valence electrons. The molecule has 0 bridgehead atoms. The van der Waals surface area contributed by atoms with Crippen LogP contribution < -0.4 is 5.32 Å². The van der Waals surface area contributed by atoms with Gasteiger partial charge in [-0.05, 0) is 35.2 Å². The summed E-state index contributed by atoms with van der Waals surface area (Å²) in [6, 6.07) is 15.6. The van der Waals surface area contributed by atoms with E-state index in [1.807, 2.05) is 0 Å². The van der Waals surface area contributed by atoms with Crippen molar-refractivity contribution in [2.24, 2.45) is 5.41 Å². The first-order valence-electron chi connectivity index (χ1n) is 6.66. The molecule has 2 rings (SSSR count). The highest BCUT2D eigenvalue weighted by Gasteiger charge is 2.20. The van der Waals surface area contributed by atoms with Gasteiger partial charge in [-0.25, -0.2) is 0 Å². The molecule has 0 aliphatic rings. The van der Waals surface area contributed by atoms with Gasteiger partial charge in [0.25, 0.3) is 0 Å². The monoisotopic (exact) mass is 241 g/mol. The van der Waals surface area contributed by atoms with Gasteiger partial charge in [-0.3, -0.25) is 0 Å². The molecule has 1 atom stereocenters. The fourth-order valence-electron chi connectivity index (χ4n) is 2.53. The molecule has 0 aliphatic heterocycles. The molecule has 0 saturated carbocycles. The molecule has 18 heavy (non-hydrogen) atoms. The lowest BCUT2D eigenvalue weighted by atomic mass is 9.84. The molecule has 2 aromatic carbocycles. The van der Waals surface area contributed by atoms with Crippen molar-refractivity contribution in [2.75, 3.05) is 7.05 Å². The molecule has 0 heterocycles. The van der Waals surface area contributed by atoms with Crippen LogP contribution in [0, 0.1) is 5.41 Å². The Kier molecular flexibility index (Phi) is 3.72. The zero-order valence-electron chi connectivity index (χ0n) is 11.8. The Morgan fingerprint density at radius 2 is 1.67 bits per heavy atom. The third-order valence-corrected chi connectivity index (χ3v) is 3.36. The third kappa shape index (κ3) is 2.91. The minimum atomic E-state index is 0.324. The first-order chi connectivity index (χ1) is 8.51. The standard InChI is InChI=1S/C17H23N/c1-17(2,3)12-16(18-4)15-11-7-9-13-8-5-6-10-14(13)15/h5-11,16,18H,12H2,1-4H3. The summed E-state index contributed by atoms with van der Waals surface area (Å²) in [5.41, 5.74) is 1.73. The van der Waals surface area contributed by atoms with E-state index in [-0.39, 0.29) is 0 Å². The summed E-state index contributed by atoms with van der Waals surface area (Å²) < 4.78 is 0. The topological polar surface area (TPSA) is 12.0 Å². The molecule has 1 N–H and O–H groups in total. The molecule has 0 radical (unpaired) electrons. The van der Waals surface area contributed by atoms with Gasteiger partial charge in [0.15, 0.2) is 0 Å². The maximum Gasteiger partial charge on any atom is 0.0328 e. The van der Waals surface area contributed by atoms with Gasteiger partial charge in [0, 0.05) is 6.04 Å². The van der Waals surface area contributed by atoms with Crippen LogP contribution >= 0.6 is 0 Å². The fourth-order valence-corrected chi connectivity index (χ4v) is 2.53. The molecule has 0 saturated heterocycles. The van der Waals surface area contributed by atoms with Gasteiger partial charge >= 0.3 is 0 Å². The highest BCUT2D eigenvalue weighted by Crippen LogP contribution is 2.32. The van der Waals surface area contributed by atoms with Crippen molar-refractivity contribution in [3.63, 3.8) is 0 Å². The van der Waals surface area contributed by atoms with Crippen LogP contribution in [0.2, 0.25) is 0 Å². The van der Waals surface area contributed by atoms with E-state index in [9.17, 15) is 0 Å². The van der Waals surface area contributed by atoms with E-state index >= 15 is 0 Å². The van der Waals surface area contributed by atoms with E-state index in [1.165, 1.54) is 16.3 Å². The molecule has 1 nitrogen and oxygen atoms in total. The summed E-state index contributed by atoms with van der Waals surface area (Å²) in [7, 11) is 2.05. The van der Waals surface area contributed by atoms with Gasteiger partial charge in [-0.1, -0.05) is 63.2 Å². The number of rotatable bonds is 3. The lowest BCUT2D eigenvalue weighted by molar-refractivity contribution is 0.322. The molecule has 0 spiro atoms. The van der Waals surface area contributed by atoms with Crippen molar-refractivity contribution < 1.29 is 0 Å². The van der Waals surface area contributed by atoms with E-state index in [2.05, 4.69) is 75.6 Å². The van der Waals surface area contributed by atoms with Gasteiger partial charge in [0.05, 0.1) is 0 Å². The molecule has 1 unspecified atom stereocenters. The quantitative estimate of drug-likeness (QED) is 0.832. The molecular weight excluding hydrogens is 218 g/mol. The maximum atomic E-state index is 3.47. The molecule has 1 heteroatoms. The third-order valence-electron chi connectivity index (χ3n) is 3.36. The van der Waals surface area contributed by atoms with E-state index < -0.39 is 0 Å². The Balaban J connectivity index is 2.45. The number of nitrogens with one attached hydrogen (secondary N) is 1. The average molecular weight is 241 g/mol. The summed E-state index contributed by atoms with van der Waals surface area (Å²) in [6.07, 6.45) is 1.14.